The van der Waals surface area contributed by atoms with Gasteiger partial charge in [0.15, 0.2) is 9.84 Å². The van der Waals surface area contributed by atoms with E-state index < -0.39 is 9.84 Å². The molecule has 2 atom stereocenters. The summed E-state index contributed by atoms with van der Waals surface area (Å²) in [4.78, 5) is 33.2. The number of rotatable bonds is 7. The first-order valence-corrected chi connectivity index (χ1v) is 16.1. The number of sulfone groups is 1. The monoisotopic (exact) mass is 587 g/mol. The number of likely N-dealkylation sites (tertiary alicyclic amines) is 3. The van der Waals surface area contributed by atoms with Gasteiger partial charge < -0.3 is 14.7 Å². The van der Waals surface area contributed by atoms with Crippen molar-refractivity contribution >= 4 is 34.1 Å². The first-order valence-electron chi connectivity index (χ1n) is 14.2. The van der Waals surface area contributed by atoms with Crippen molar-refractivity contribution in [1.29, 1.82) is 0 Å². The lowest BCUT2D eigenvalue weighted by atomic mass is 9.76. The lowest BCUT2D eigenvalue weighted by molar-refractivity contribution is -0.139. The highest BCUT2D eigenvalue weighted by Crippen LogP contribution is 2.43. The lowest BCUT2D eigenvalue weighted by Gasteiger charge is -2.39. The molecule has 0 radical (unpaired) electrons. The van der Waals surface area contributed by atoms with E-state index >= 15 is 0 Å². The number of carbonyl (C=O) groups is 2. The average Bonchev–Trinajstić information content (AvgIpc) is 3.47. The molecule has 0 bridgehead atoms. The van der Waals surface area contributed by atoms with Crippen LogP contribution in [0.5, 0.6) is 0 Å². The molecular formula is C31H42ClN3O4S. The van der Waals surface area contributed by atoms with Crippen LogP contribution in [0.3, 0.4) is 0 Å². The molecule has 40 heavy (non-hydrogen) atoms. The first kappa shape index (κ1) is 30.5. The van der Waals surface area contributed by atoms with E-state index in [9.17, 15) is 18.0 Å². The van der Waals surface area contributed by atoms with E-state index in [4.69, 9.17) is 0 Å². The molecule has 3 aliphatic rings. The van der Waals surface area contributed by atoms with E-state index in [0.29, 0.717) is 23.3 Å². The second-order valence-electron chi connectivity index (χ2n) is 12.1. The summed E-state index contributed by atoms with van der Waals surface area (Å²) >= 11 is 0. The van der Waals surface area contributed by atoms with Crippen molar-refractivity contribution in [1.82, 2.24) is 14.7 Å². The summed E-state index contributed by atoms with van der Waals surface area (Å²) in [6, 6.07) is 17.5. The van der Waals surface area contributed by atoms with Gasteiger partial charge in [-0.15, -0.1) is 12.4 Å². The van der Waals surface area contributed by atoms with Gasteiger partial charge in [-0.2, -0.15) is 0 Å². The van der Waals surface area contributed by atoms with E-state index in [1.807, 2.05) is 36.9 Å². The van der Waals surface area contributed by atoms with Crippen molar-refractivity contribution in [2.45, 2.75) is 50.5 Å². The summed E-state index contributed by atoms with van der Waals surface area (Å²) in [6.07, 6.45) is 3.82. The zero-order valence-corrected chi connectivity index (χ0v) is 25.4. The second-order valence-corrected chi connectivity index (χ2v) is 14.2. The summed E-state index contributed by atoms with van der Waals surface area (Å²) in [5, 5.41) is 0. The van der Waals surface area contributed by atoms with Crippen molar-refractivity contribution in [2.24, 2.45) is 17.3 Å². The highest BCUT2D eigenvalue weighted by atomic mass is 35.5. The van der Waals surface area contributed by atoms with Gasteiger partial charge in [-0.05, 0) is 61.5 Å². The van der Waals surface area contributed by atoms with E-state index in [-0.39, 0.29) is 35.6 Å². The minimum atomic E-state index is -3.23. The number of hydrogen-bond donors (Lipinski definition) is 0. The lowest BCUT2D eigenvalue weighted by Crippen LogP contribution is -2.46. The number of benzene rings is 2. The number of nitrogens with zero attached hydrogens (tertiary/aromatic N) is 3. The van der Waals surface area contributed by atoms with Gasteiger partial charge in [-0.1, -0.05) is 56.3 Å². The highest BCUT2D eigenvalue weighted by molar-refractivity contribution is 7.90. The van der Waals surface area contributed by atoms with Crippen molar-refractivity contribution < 1.29 is 18.0 Å². The normalized spacial score (nSPS) is 23.1. The maximum absolute atomic E-state index is 13.6. The van der Waals surface area contributed by atoms with Gasteiger partial charge in [-0.25, -0.2) is 8.42 Å². The number of piperidine rings is 1. The number of carbonyl (C=O) groups excluding carboxylic acids is 2. The van der Waals surface area contributed by atoms with Gasteiger partial charge in [0, 0.05) is 50.8 Å². The van der Waals surface area contributed by atoms with Crippen LogP contribution in [0, 0.1) is 17.3 Å². The maximum atomic E-state index is 13.6. The Bertz CT molecular complexity index is 1290. The quantitative estimate of drug-likeness (QED) is 0.485. The summed E-state index contributed by atoms with van der Waals surface area (Å²) in [5.74, 6) is 1.20. The molecule has 0 N–H and O–H groups in total. The largest absolute Gasteiger partial charge is 0.342 e. The Kier molecular flexibility index (Phi) is 9.32. The standard InChI is InChI=1S/C31H41N3O4S.ClH/c1-23(2)29(35)34-21-26(28(22-34)25-7-5-4-6-8-25)20-32-16-13-31(14-17-32)15-18-33(30(31)36)19-24-9-11-27(12-10-24)39(3,37)38;/h4-12,23,26,28H,13-22H2,1-3H3;1H/t26-,28+;/m0./s1. The van der Waals surface area contributed by atoms with Crippen LogP contribution < -0.4 is 0 Å². The van der Waals surface area contributed by atoms with Gasteiger partial charge in [0.25, 0.3) is 0 Å². The fourth-order valence-electron chi connectivity index (χ4n) is 6.74. The van der Waals surface area contributed by atoms with Gasteiger partial charge in [-0.3, -0.25) is 9.59 Å². The fraction of sp³-hybridized carbons (Fsp3) is 0.548. The molecule has 2 aromatic rings. The van der Waals surface area contributed by atoms with Gasteiger partial charge in [0.05, 0.1) is 10.3 Å². The molecule has 3 aliphatic heterocycles. The summed E-state index contributed by atoms with van der Waals surface area (Å²) in [6.45, 7) is 9.55. The molecule has 0 aromatic heterocycles. The fourth-order valence-corrected chi connectivity index (χ4v) is 7.38. The Balaban J connectivity index is 0.00000370. The van der Waals surface area contributed by atoms with E-state index in [0.717, 1.165) is 64.1 Å². The minimum absolute atomic E-state index is 0. The molecule has 3 saturated heterocycles. The molecular weight excluding hydrogens is 546 g/mol. The first-order chi connectivity index (χ1) is 18.6. The van der Waals surface area contributed by atoms with Crippen molar-refractivity contribution in [3.05, 3.63) is 65.7 Å². The third kappa shape index (κ3) is 6.39. The van der Waals surface area contributed by atoms with Crippen LogP contribution in [-0.2, 0) is 26.0 Å². The average molecular weight is 588 g/mol. The van der Waals surface area contributed by atoms with Crippen LogP contribution in [0.2, 0.25) is 0 Å². The minimum Gasteiger partial charge on any atom is -0.342 e. The summed E-state index contributed by atoms with van der Waals surface area (Å²) in [5.41, 5.74) is 1.98. The maximum Gasteiger partial charge on any atom is 0.229 e. The smallest absolute Gasteiger partial charge is 0.229 e. The molecule has 9 heteroatoms. The van der Waals surface area contributed by atoms with E-state index in [2.05, 4.69) is 34.1 Å². The van der Waals surface area contributed by atoms with E-state index in [1.54, 1.807) is 12.1 Å². The van der Waals surface area contributed by atoms with Gasteiger partial charge in [0.1, 0.15) is 0 Å². The van der Waals surface area contributed by atoms with Gasteiger partial charge >= 0.3 is 0 Å². The van der Waals surface area contributed by atoms with Crippen molar-refractivity contribution in [2.75, 3.05) is 45.5 Å². The van der Waals surface area contributed by atoms with Crippen LogP contribution in [0.1, 0.15) is 50.2 Å². The Labute approximate surface area is 245 Å². The molecule has 1 spiro atoms. The molecule has 2 amide bonds. The topological polar surface area (TPSA) is 78.0 Å². The Morgan fingerprint density at radius 1 is 0.950 bits per heavy atom. The zero-order chi connectivity index (χ0) is 27.8. The Morgan fingerprint density at radius 2 is 1.57 bits per heavy atom. The number of amides is 2. The molecule has 0 aliphatic carbocycles. The van der Waals surface area contributed by atoms with Crippen LogP contribution in [0.25, 0.3) is 0 Å². The SMILES string of the molecule is CC(C)C(=O)N1C[C@H](CN2CCC3(CC2)CCN(Cc2ccc(S(C)(=O)=O)cc2)C3=O)[C@@H](c2ccccc2)C1.Cl. The number of hydrogen-bond acceptors (Lipinski definition) is 5. The molecule has 0 unspecified atom stereocenters. The molecule has 0 saturated carbocycles. The van der Waals surface area contributed by atoms with Crippen LogP contribution in [0.15, 0.2) is 59.5 Å². The van der Waals surface area contributed by atoms with Crippen LogP contribution in [-0.4, -0.2) is 80.5 Å². The zero-order valence-electron chi connectivity index (χ0n) is 23.8. The molecule has 5 rings (SSSR count). The van der Waals surface area contributed by atoms with Crippen molar-refractivity contribution in [3.8, 4) is 0 Å². The molecule has 218 valence electrons. The number of halogens is 1. The highest BCUT2D eigenvalue weighted by Gasteiger charge is 2.48. The third-order valence-electron chi connectivity index (χ3n) is 9.11. The summed E-state index contributed by atoms with van der Waals surface area (Å²) in [7, 11) is -3.23. The van der Waals surface area contributed by atoms with Crippen LogP contribution >= 0.6 is 12.4 Å². The van der Waals surface area contributed by atoms with Crippen molar-refractivity contribution in [3.63, 3.8) is 0 Å². The van der Waals surface area contributed by atoms with E-state index in [1.165, 1.54) is 11.8 Å². The molecule has 2 aromatic carbocycles. The predicted octanol–water partition coefficient (Wildman–Crippen LogP) is 4.22. The Morgan fingerprint density at radius 3 is 2.17 bits per heavy atom. The molecule has 3 heterocycles. The summed E-state index contributed by atoms with van der Waals surface area (Å²) < 4.78 is 23.5. The van der Waals surface area contributed by atoms with Crippen LogP contribution in [0.4, 0.5) is 0 Å². The third-order valence-corrected chi connectivity index (χ3v) is 10.2. The Hall–Kier alpha value is -2.42. The molecule has 3 fully saturated rings. The molecule has 7 nitrogen and oxygen atoms in total. The second kappa shape index (κ2) is 12.2. The van der Waals surface area contributed by atoms with Gasteiger partial charge in [0.2, 0.25) is 11.8 Å². The predicted molar refractivity (Wildman–Crippen MR) is 159 cm³/mol.